The van der Waals surface area contributed by atoms with Crippen molar-refractivity contribution in [3.63, 3.8) is 0 Å². The molecule has 0 aromatic carbocycles. The first-order valence-electron chi connectivity index (χ1n) is 9.25. The van der Waals surface area contributed by atoms with Gasteiger partial charge in [-0.2, -0.15) is 5.10 Å². The van der Waals surface area contributed by atoms with Crippen molar-refractivity contribution < 1.29 is 0 Å². The van der Waals surface area contributed by atoms with Crippen LogP contribution in [0, 0.1) is 19.3 Å². The van der Waals surface area contributed by atoms with Crippen LogP contribution >= 0.6 is 0 Å². The van der Waals surface area contributed by atoms with E-state index >= 15 is 0 Å². The Labute approximate surface area is 161 Å². The smallest absolute Gasteiger partial charge is 0.223 e. The molecule has 6 heteroatoms. The first kappa shape index (κ1) is 19.0. The van der Waals surface area contributed by atoms with Crippen LogP contribution in [0.1, 0.15) is 50.2 Å². The van der Waals surface area contributed by atoms with Crippen molar-refractivity contribution in [1.29, 1.82) is 0 Å². The zero-order valence-electron chi connectivity index (χ0n) is 17.0. The number of hydrogen-bond acceptors (Lipinski definition) is 5. The summed E-state index contributed by atoms with van der Waals surface area (Å²) in [4.78, 5) is 13.5. The lowest BCUT2D eigenvalue weighted by molar-refractivity contribution is 0.351. The Hall–Kier alpha value is -2.76. The predicted molar refractivity (Wildman–Crippen MR) is 108 cm³/mol. The van der Waals surface area contributed by atoms with Crippen molar-refractivity contribution in [1.82, 2.24) is 24.7 Å². The molecule has 0 spiro atoms. The third kappa shape index (κ3) is 4.51. The van der Waals surface area contributed by atoms with E-state index in [1.807, 2.05) is 37.0 Å². The monoisotopic (exact) mass is 364 g/mol. The number of aromatic nitrogens is 5. The van der Waals surface area contributed by atoms with Gasteiger partial charge in [-0.1, -0.05) is 26.8 Å². The highest BCUT2D eigenvalue weighted by molar-refractivity contribution is 5.65. The minimum absolute atomic E-state index is 0.0880. The van der Waals surface area contributed by atoms with Crippen LogP contribution in [0.25, 0.3) is 11.3 Å². The fraction of sp³-hybridized carbons (Fsp3) is 0.429. The summed E-state index contributed by atoms with van der Waals surface area (Å²) in [5.41, 5.74) is 5.30. The zero-order chi connectivity index (χ0) is 19.6. The molecular formula is C21H28N6. The third-order valence-corrected chi connectivity index (χ3v) is 4.63. The Balaban J connectivity index is 1.93. The van der Waals surface area contributed by atoms with Gasteiger partial charge in [0, 0.05) is 36.9 Å². The van der Waals surface area contributed by atoms with E-state index in [2.05, 4.69) is 54.1 Å². The lowest BCUT2D eigenvalue weighted by Gasteiger charge is -2.27. The summed E-state index contributed by atoms with van der Waals surface area (Å²) >= 11 is 0. The molecule has 3 aromatic heterocycles. The lowest BCUT2D eigenvalue weighted by atomic mass is 9.86. The Bertz CT molecular complexity index is 908. The highest BCUT2D eigenvalue weighted by Crippen LogP contribution is 2.32. The van der Waals surface area contributed by atoms with Gasteiger partial charge >= 0.3 is 0 Å². The van der Waals surface area contributed by atoms with E-state index in [4.69, 9.17) is 4.98 Å². The predicted octanol–water partition coefficient (Wildman–Crippen LogP) is 4.48. The summed E-state index contributed by atoms with van der Waals surface area (Å²) in [5, 5.41) is 8.02. The normalized spacial score (nSPS) is 12.8. The molecule has 0 fully saturated rings. The summed E-state index contributed by atoms with van der Waals surface area (Å²) < 4.78 is 1.89. The molecule has 0 bridgehead atoms. The van der Waals surface area contributed by atoms with Gasteiger partial charge in [-0.3, -0.25) is 9.67 Å². The second kappa shape index (κ2) is 7.47. The second-order valence-electron chi connectivity index (χ2n) is 8.18. The van der Waals surface area contributed by atoms with Gasteiger partial charge in [-0.25, -0.2) is 9.97 Å². The van der Waals surface area contributed by atoms with Crippen molar-refractivity contribution in [2.24, 2.45) is 12.5 Å². The molecule has 27 heavy (non-hydrogen) atoms. The third-order valence-electron chi connectivity index (χ3n) is 4.63. The van der Waals surface area contributed by atoms with Crippen LogP contribution in [0.3, 0.4) is 0 Å². The number of anilines is 1. The van der Waals surface area contributed by atoms with E-state index in [1.165, 1.54) is 0 Å². The molecule has 1 N–H and O–H groups in total. The van der Waals surface area contributed by atoms with Crippen LogP contribution in [-0.2, 0) is 7.05 Å². The second-order valence-corrected chi connectivity index (χ2v) is 8.18. The van der Waals surface area contributed by atoms with Crippen molar-refractivity contribution >= 4 is 5.95 Å². The zero-order valence-corrected chi connectivity index (χ0v) is 17.0. The van der Waals surface area contributed by atoms with Gasteiger partial charge in [0.05, 0.1) is 17.4 Å². The summed E-state index contributed by atoms with van der Waals surface area (Å²) in [6.07, 6.45) is 6.44. The Kier molecular flexibility index (Phi) is 5.26. The van der Waals surface area contributed by atoms with Gasteiger partial charge in [0.1, 0.15) is 0 Å². The molecule has 0 aliphatic rings. The average molecular weight is 364 g/mol. The molecule has 0 aliphatic carbocycles. The van der Waals surface area contributed by atoms with Gasteiger partial charge in [0.2, 0.25) is 5.95 Å². The first-order valence-corrected chi connectivity index (χ1v) is 9.25. The Morgan fingerprint density at radius 1 is 1.15 bits per heavy atom. The Morgan fingerprint density at radius 2 is 1.93 bits per heavy atom. The van der Waals surface area contributed by atoms with Crippen molar-refractivity contribution in [2.45, 2.75) is 47.1 Å². The maximum absolute atomic E-state index is 4.78. The van der Waals surface area contributed by atoms with Crippen LogP contribution in [0.15, 0.2) is 36.8 Å². The van der Waals surface area contributed by atoms with E-state index < -0.39 is 0 Å². The maximum atomic E-state index is 4.78. The van der Waals surface area contributed by atoms with Crippen LogP contribution < -0.4 is 5.32 Å². The van der Waals surface area contributed by atoms with E-state index in [1.54, 1.807) is 12.4 Å². The molecule has 0 saturated heterocycles. The Morgan fingerprint density at radius 3 is 2.52 bits per heavy atom. The van der Waals surface area contributed by atoms with Crippen LogP contribution in [-0.4, -0.2) is 24.7 Å². The van der Waals surface area contributed by atoms with E-state index in [-0.39, 0.29) is 11.5 Å². The first-order chi connectivity index (χ1) is 12.7. The van der Waals surface area contributed by atoms with E-state index in [9.17, 15) is 0 Å². The van der Waals surface area contributed by atoms with Gasteiger partial charge in [-0.05, 0) is 43.4 Å². The lowest BCUT2D eigenvalue weighted by Crippen LogP contribution is -2.20. The minimum atomic E-state index is 0.0880. The molecule has 0 amide bonds. The molecule has 0 radical (unpaired) electrons. The van der Waals surface area contributed by atoms with Crippen molar-refractivity contribution in [2.75, 3.05) is 5.32 Å². The highest BCUT2D eigenvalue weighted by Gasteiger charge is 2.22. The van der Waals surface area contributed by atoms with Gasteiger partial charge < -0.3 is 5.32 Å². The summed E-state index contributed by atoms with van der Waals surface area (Å²) in [7, 11) is 1.95. The highest BCUT2D eigenvalue weighted by atomic mass is 15.3. The molecule has 142 valence electrons. The fourth-order valence-corrected chi connectivity index (χ4v) is 3.31. The molecule has 1 atom stereocenters. The summed E-state index contributed by atoms with van der Waals surface area (Å²) in [5.74, 6) is 0.619. The number of hydrogen-bond donors (Lipinski definition) is 1. The summed E-state index contributed by atoms with van der Waals surface area (Å²) in [6.45, 7) is 10.8. The molecule has 6 nitrogen and oxygen atoms in total. The molecule has 3 heterocycles. The molecular weight excluding hydrogens is 336 g/mol. The average Bonchev–Trinajstić information content (AvgIpc) is 2.86. The molecule has 1 unspecified atom stereocenters. The fourth-order valence-electron chi connectivity index (χ4n) is 3.31. The molecule has 0 aliphatic heterocycles. The van der Waals surface area contributed by atoms with Crippen molar-refractivity contribution in [3.8, 4) is 11.3 Å². The molecule has 3 rings (SSSR count). The SMILES string of the molecule is Cc1nn(C)c(C)c1-c1ccnc(NC(CC(C)(C)C)c2cccnc2)n1. The van der Waals surface area contributed by atoms with E-state index in [0.717, 1.165) is 34.6 Å². The quantitative estimate of drug-likeness (QED) is 0.723. The van der Waals surface area contributed by atoms with Gasteiger partial charge in [0.15, 0.2) is 0 Å². The molecule has 0 saturated carbocycles. The van der Waals surface area contributed by atoms with Gasteiger partial charge in [0.25, 0.3) is 0 Å². The number of nitrogens with zero attached hydrogens (tertiary/aromatic N) is 5. The number of aryl methyl sites for hydroxylation is 2. The number of pyridine rings is 1. The standard InChI is InChI=1S/C21H28N6/c1-14-19(15(2)27(6)26-14)17-9-11-23-20(24-17)25-18(12-21(3,4)5)16-8-7-10-22-13-16/h7-11,13,18H,12H2,1-6H3,(H,23,24,25). The largest absolute Gasteiger partial charge is 0.347 e. The maximum Gasteiger partial charge on any atom is 0.223 e. The van der Waals surface area contributed by atoms with Crippen molar-refractivity contribution in [3.05, 3.63) is 53.7 Å². The van der Waals surface area contributed by atoms with Crippen LogP contribution in [0.4, 0.5) is 5.95 Å². The van der Waals surface area contributed by atoms with E-state index in [0.29, 0.717) is 5.95 Å². The summed E-state index contributed by atoms with van der Waals surface area (Å²) in [6, 6.07) is 6.08. The minimum Gasteiger partial charge on any atom is -0.347 e. The molecule has 3 aromatic rings. The van der Waals surface area contributed by atoms with Crippen LogP contribution in [0.2, 0.25) is 0 Å². The van der Waals surface area contributed by atoms with Crippen LogP contribution in [0.5, 0.6) is 0 Å². The number of rotatable bonds is 5. The topological polar surface area (TPSA) is 68.5 Å². The van der Waals surface area contributed by atoms with Gasteiger partial charge in [-0.15, -0.1) is 0 Å². The number of nitrogens with one attached hydrogen (secondary N) is 1.